The zero-order valence-corrected chi connectivity index (χ0v) is 16.8. The molecule has 4 atom stereocenters. The van der Waals surface area contributed by atoms with Crippen molar-refractivity contribution in [3.8, 4) is 0 Å². The van der Waals surface area contributed by atoms with Gasteiger partial charge in [-0.15, -0.1) is 0 Å². The van der Waals surface area contributed by atoms with Gasteiger partial charge in [0.25, 0.3) is 0 Å². The SMILES string of the molecule is CC1(C)O[C@@H]2[C@H](O1)[C@@H](c1ccccc1)C[C@H]2n1cc(Br)c2c(N)ncnc21. The molecule has 5 rings (SSSR count). The molecule has 7 heteroatoms. The number of halogens is 1. The fourth-order valence-corrected chi connectivity index (χ4v) is 5.17. The third-order valence-corrected chi connectivity index (χ3v) is 6.21. The van der Waals surface area contributed by atoms with Crippen molar-refractivity contribution in [2.45, 2.75) is 50.2 Å². The van der Waals surface area contributed by atoms with E-state index < -0.39 is 5.79 Å². The quantitative estimate of drug-likeness (QED) is 0.666. The van der Waals surface area contributed by atoms with E-state index in [1.807, 2.05) is 26.1 Å². The van der Waals surface area contributed by atoms with Crippen LogP contribution in [0.3, 0.4) is 0 Å². The Morgan fingerprint density at radius 1 is 1.15 bits per heavy atom. The summed E-state index contributed by atoms with van der Waals surface area (Å²) >= 11 is 3.62. The number of nitrogens with zero attached hydrogens (tertiary/aromatic N) is 3. The molecule has 0 spiro atoms. The fourth-order valence-electron chi connectivity index (χ4n) is 4.57. The number of rotatable bonds is 2. The average Bonchev–Trinajstić information content (AvgIpc) is 3.25. The van der Waals surface area contributed by atoms with Crippen LogP contribution in [0.25, 0.3) is 11.0 Å². The van der Waals surface area contributed by atoms with Gasteiger partial charge in [0.1, 0.15) is 23.9 Å². The van der Waals surface area contributed by atoms with Crippen molar-refractivity contribution in [2.75, 3.05) is 5.73 Å². The van der Waals surface area contributed by atoms with Gasteiger partial charge in [0.15, 0.2) is 5.79 Å². The van der Waals surface area contributed by atoms with Gasteiger partial charge in [-0.05, 0) is 41.8 Å². The van der Waals surface area contributed by atoms with Gasteiger partial charge in [0, 0.05) is 16.6 Å². The van der Waals surface area contributed by atoms with Gasteiger partial charge >= 0.3 is 0 Å². The molecule has 27 heavy (non-hydrogen) atoms. The molecule has 1 aliphatic carbocycles. The fraction of sp³-hybridized carbons (Fsp3) is 0.400. The van der Waals surface area contributed by atoms with Crippen molar-refractivity contribution >= 4 is 32.8 Å². The average molecular weight is 429 g/mol. The van der Waals surface area contributed by atoms with E-state index in [0.717, 1.165) is 21.9 Å². The van der Waals surface area contributed by atoms with Gasteiger partial charge in [0.05, 0.1) is 17.5 Å². The molecule has 0 amide bonds. The molecule has 2 aromatic heterocycles. The summed E-state index contributed by atoms with van der Waals surface area (Å²) in [5.74, 6) is 0.136. The summed E-state index contributed by atoms with van der Waals surface area (Å²) in [7, 11) is 0. The van der Waals surface area contributed by atoms with E-state index in [1.54, 1.807) is 0 Å². The van der Waals surface area contributed by atoms with E-state index in [1.165, 1.54) is 11.9 Å². The Morgan fingerprint density at radius 3 is 2.67 bits per heavy atom. The van der Waals surface area contributed by atoms with Gasteiger partial charge in [-0.3, -0.25) is 0 Å². The molecule has 1 saturated carbocycles. The lowest BCUT2D eigenvalue weighted by Crippen LogP contribution is -2.27. The van der Waals surface area contributed by atoms with Crippen LogP contribution in [0.5, 0.6) is 0 Å². The summed E-state index contributed by atoms with van der Waals surface area (Å²) < 4.78 is 15.7. The Balaban J connectivity index is 1.62. The Morgan fingerprint density at radius 2 is 1.89 bits per heavy atom. The third kappa shape index (κ3) is 2.68. The highest BCUT2D eigenvalue weighted by Crippen LogP contribution is 2.51. The topological polar surface area (TPSA) is 75.2 Å². The van der Waals surface area contributed by atoms with Crippen molar-refractivity contribution in [3.05, 3.63) is 52.9 Å². The smallest absolute Gasteiger partial charge is 0.163 e. The molecule has 0 bridgehead atoms. The van der Waals surface area contributed by atoms with E-state index in [-0.39, 0.29) is 24.2 Å². The maximum absolute atomic E-state index is 6.35. The van der Waals surface area contributed by atoms with Crippen LogP contribution in [0.4, 0.5) is 5.82 Å². The van der Waals surface area contributed by atoms with E-state index >= 15 is 0 Å². The summed E-state index contributed by atoms with van der Waals surface area (Å²) in [6.07, 6.45) is 4.42. The van der Waals surface area contributed by atoms with Crippen LogP contribution < -0.4 is 5.73 Å². The predicted octanol–water partition coefficient (Wildman–Crippen LogP) is 4.02. The highest BCUT2D eigenvalue weighted by atomic mass is 79.9. The van der Waals surface area contributed by atoms with Crippen molar-refractivity contribution < 1.29 is 9.47 Å². The molecule has 1 aliphatic heterocycles. The van der Waals surface area contributed by atoms with Crippen LogP contribution >= 0.6 is 15.9 Å². The Labute approximate surface area is 165 Å². The molecule has 3 aromatic rings. The van der Waals surface area contributed by atoms with Crippen LogP contribution in [0, 0.1) is 0 Å². The zero-order valence-electron chi connectivity index (χ0n) is 15.2. The summed E-state index contributed by atoms with van der Waals surface area (Å²) in [6, 6.07) is 10.6. The molecule has 0 unspecified atom stereocenters. The monoisotopic (exact) mass is 428 g/mol. The minimum absolute atomic E-state index is 0.00260. The van der Waals surface area contributed by atoms with E-state index in [0.29, 0.717) is 5.82 Å². The number of nitrogens with two attached hydrogens (primary N) is 1. The van der Waals surface area contributed by atoms with E-state index in [2.05, 4.69) is 54.7 Å². The molecular formula is C20H21BrN4O2. The number of ether oxygens (including phenoxy) is 2. The summed E-state index contributed by atoms with van der Waals surface area (Å²) in [5, 5.41) is 0.843. The van der Waals surface area contributed by atoms with Gasteiger partial charge in [-0.2, -0.15) is 0 Å². The lowest BCUT2D eigenvalue weighted by Gasteiger charge is -2.24. The Bertz CT molecular complexity index is 1000. The minimum atomic E-state index is -0.602. The van der Waals surface area contributed by atoms with Crippen LogP contribution in [0.2, 0.25) is 0 Å². The second-order valence-electron chi connectivity index (χ2n) is 7.73. The maximum atomic E-state index is 6.35. The van der Waals surface area contributed by atoms with Gasteiger partial charge in [-0.25, -0.2) is 9.97 Å². The zero-order chi connectivity index (χ0) is 18.8. The number of fused-ring (bicyclic) bond motifs is 2. The molecule has 6 nitrogen and oxygen atoms in total. The molecule has 2 fully saturated rings. The van der Waals surface area contributed by atoms with Gasteiger partial charge in [0.2, 0.25) is 0 Å². The first-order valence-electron chi connectivity index (χ1n) is 9.12. The van der Waals surface area contributed by atoms with Crippen LogP contribution in [0.1, 0.15) is 37.8 Å². The highest BCUT2D eigenvalue weighted by molar-refractivity contribution is 9.10. The molecule has 1 aromatic carbocycles. The molecular weight excluding hydrogens is 408 g/mol. The Kier molecular flexibility index (Phi) is 3.83. The van der Waals surface area contributed by atoms with Crippen molar-refractivity contribution in [1.29, 1.82) is 0 Å². The van der Waals surface area contributed by atoms with Crippen molar-refractivity contribution in [2.24, 2.45) is 0 Å². The van der Waals surface area contributed by atoms with Gasteiger partial charge < -0.3 is 19.8 Å². The van der Waals surface area contributed by atoms with Crippen molar-refractivity contribution in [3.63, 3.8) is 0 Å². The first-order valence-corrected chi connectivity index (χ1v) is 9.91. The molecule has 0 radical (unpaired) electrons. The summed E-state index contributed by atoms with van der Waals surface area (Å²) in [6.45, 7) is 3.96. The number of hydrogen-bond donors (Lipinski definition) is 1. The Hall–Kier alpha value is -1.96. The normalized spacial score (nSPS) is 29.3. The highest BCUT2D eigenvalue weighted by Gasteiger charge is 2.55. The van der Waals surface area contributed by atoms with Crippen LogP contribution in [-0.2, 0) is 9.47 Å². The van der Waals surface area contributed by atoms with E-state index in [9.17, 15) is 0 Å². The number of aromatic nitrogens is 3. The minimum Gasteiger partial charge on any atom is -0.383 e. The first kappa shape index (κ1) is 17.2. The lowest BCUT2D eigenvalue weighted by molar-refractivity contribution is -0.157. The molecule has 2 N–H and O–H groups in total. The summed E-state index contributed by atoms with van der Waals surface area (Å²) in [5.41, 5.74) is 8.19. The predicted molar refractivity (Wildman–Crippen MR) is 106 cm³/mol. The number of anilines is 1. The van der Waals surface area contributed by atoms with Gasteiger partial charge in [-0.1, -0.05) is 30.3 Å². The standard InChI is InChI=1S/C20H21BrN4O2/c1-20(2)26-16-12(11-6-4-3-5-7-11)8-14(17(16)27-20)25-9-13(21)15-18(22)23-10-24-19(15)25/h3-7,9-10,12,14,16-17H,8H2,1-2H3,(H2,22,23,24)/t12-,14-,16-,17+/m1/s1. The summed E-state index contributed by atoms with van der Waals surface area (Å²) in [4.78, 5) is 8.63. The molecule has 140 valence electrons. The third-order valence-electron chi connectivity index (χ3n) is 5.61. The van der Waals surface area contributed by atoms with E-state index in [4.69, 9.17) is 15.2 Å². The second kappa shape index (κ2) is 6.02. The lowest BCUT2D eigenvalue weighted by atomic mass is 9.95. The number of hydrogen-bond acceptors (Lipinski definition) is 5. The van der Waals surface area contributed by atoms with Crippen LogP contribution in [-0.4, -0.2) is 32.5 Å². The first-order chi connectivity index (χ1) is 12.9. The molecule has 3 heterocycles. The number of nitrogen functional groups attached to an aromatic ring is 1. The largest absolute Gasteiger partial charge is 0.383 e. The second-order valence-corrected chi connectivity index (χ2v) is 8.58. The molecule has 1 saturated heterocycles. The van der Waals surface area contributed by atoms with Crippen LogP contribution in [0.15, 0.2) is 47.3 Å². The maximum Gasteiger partial charge on any atom is 0.163 e. The molecule has 2 aliphatic rings. The van der Waals surface area contributed by atoms with Crippen molar-refractivity contribution in [1.82, 2.24) is 14.5 Å². The number of benzene rings is 1.